The number of hydrogen-bond donors (Lipinski definition) is 1. The molecule has 0 aliphatic carbocycles. The molecule has 0 radical (unpaired) electrons. The van der Waals surface area contributed by atoms with E-state index in [0.717, 1.165) is 18.5 Å². The summed E-state index contributed by atoms with van der Waals surface area (Å²) in [6.07, 6.45) is 6.75. The molecule has 1 unspecified atom stereocenters. The van der Waals surface area contributed by atoms with Crippen molar-refractivity contribution in [2.75, 3.05) is 19.6 Å². The zero-order chi connectivity index (χ0) is 16.7. The molecule has 24 heavy (non-hydrogen) atoms. The predicted octanol–water partition coefficient (Wildman–Crippen LogP) is 4.38. The maximum Gasteiger partial charge on any atom is 0.0948 e. The Balaban J connectivity index is 1.74. The monoisotopic (exact) mass is 323 g/mol. The van der Waals surface area contributed by atoms with Gasteiger partial charge in [0.05, 0.1) is 5.60 Å². The molecule has 1 N–H and O–H groups in total. The lowest BCUT2D eigenvalue weighted by molar-refractivity contribution is 0.0175. The summed E-state index contributed by atoms with van der Waals surface area (Å²) in [6, 6.07) is 20.5. The fourth-order valence-electron chi connectivity index (χ4n) is 3.72. The van der Waals surface area contributed by atoms with Gasteiger partial charge in [-0.1, -0.05) is 73.5 Å². The van der Waals surface area contributed by atoms with Gasteiger partial charge in [-0.3, -0.25) is 0 Å². The lowest BCUT2D eigenvalue weighted by atomic mass is 9.84. The molecule has 0 bridgehead atoms. The minimum Gasteiger partial charge on any atom is -0.385 e. The first-order valence-corrected chi connectivity index (χ1v) is 9.30. The Labute approximate surface area is 146 Å². The molecule has 0 spiro atoms. The van der Waals surface area contributed by atoms with E-state index in [1.807, 2.05) is 24.3 Å². The van der Waals surface area contributed by atoms with Crippen LogP contribution in [0.2, 0.25) is 0 Å². The van der Waals surface area contributed by atoms with E-state index in [-0.39, 0.29) is 0 Å². The normalized spacial score (nSPS) is 18.7. The Morgan fingerprint density at radius 1 is 0.792 bits per heavy atom. The maximum absolute atomic E-state index is 11.5. The van der Waals surface area contributed by atoms with Gasteiger partial charge in [0.15, 0.2) is 0 Å². The first kappa shape index (κ1) is 17.2. The molecule has 2 aromatic carbocycles. The molecule has 1 saturated heterocycles. The second kappa shape index (κ2) is 8.46. The van der Waals surface area contributed by atoms with Crippen LogP contribution in [0.4, 0.5) is 0 Å². The molecular formula is C22H29NO. The number of likely N-dealkylation sites (tertiary alicyclic amines) is 1. The zero-order valence-corrected chi connectivity index (χ0v) is 14.5. The van der Waals surface area contributed by atoms with E-state index in [0.29, 0.717) is 6.42 Å². The highest BCUT2D eigenvalue weighted by Gasteiger charge is 2.30. The molecule has 2 aromatic rings. The highest BCUT2D eigenvalue weighted by molar-refractivity contribution is 5.27. The first-order chi connectivity index (χ1) is 11.8. The summed E-state index contributed by atoms with van der Waals surface area (Å²) >= 11 is 0. The van der Waals surface area contributed by atoms with Crippen LogP contribution < -0.4 is 0 Å². The van der Waals surface area contributed by atoms with Crippen LogP contribution in [0.25, 0.3) is 0 Å². The van der Waals surface area contributed by atoms with Gasteiger partial charge >= 0.3 is 0 Å². The predicted molar refractivity (Wildman–Crippen MR) is 100 cm³/mol. The van der Waals surface area contributed by atoms with Crippen LogP contribution in [0.5, 0.6) is 0 Å². The van der Waals surface area contributed by atoms with Crippen LogP contribution in [-0.4, -0.2) is 29.6 Å². The topological polar surface area (TPSA) is 23.5 Å². The van der Waals surface area contributed by atoms with Crippen LogP contribution in [0.3, 0.4) is 0 Å². The van der Waals surface area contributed by atoms with Gasteiger partial charge in [-0.05, 0) is 43.5 Å². The molecule has 2 heteroatoms. The lowest BCUT2D eigenvalue weighted by Gasteiger charge is -2.32. The standard InChI is InChI=1S/C22H29NO/c24-22(21-13-7-4-8-14-21,19-20-11-5-3-6-12-20)15-18-23-16-9-1-2-10-17-23/h3-8,11-14,24H,1-2,9-10,15-19H2. The summed E-state index contributed by atoms with van der Waals surface area (Å²) < 4.78 is 0. The Morgan fingerprint density at radius 2 is 1.38 bits per heavy atom. The number of benzene rings is 2. The fraction of sp³-hybridized carbons (Fsp3) is 0.455. The van der Waals surface area contributed by atoms with Crippen LogP contribution in [0, 0.1) is 0 Å². The quantitative estimate of drug-likeness (QED) is 0.852. The van der Waals surface area contributed by atoms with E-state index in [4.69, 9.17) is 0 Å². The Bertz CT molecular complexity index is 590. The lowest BCUT2D eigenvalue weighted by Crippen LogP contribution is -2.35. The van der Waals surface area contributed by atoms with E-state index in [1.165, 1.54) is 44.3 Å². The van der Waals surface area contributed by atoms with Crippen molar-refractivity contribution in [1.29, 1.82) is 0 Å². The zero-order valence-electron chi connectivity index (χ0n) is 14.5. The van der Waals surface area contributed by atoms with Gasteiger partial charge in [-0.25, -0.2) is 0 Å². The van der Waals surface area contributed by atoms with E-state index >= 15 is 0 Å². The number of rotatable bonds is 6. The molecule has 1 aliphatic rings. The summed E-state index contributed by atoms with van der Waals surface area (Å²) in [4.78, 5) is 2.53. The summed E-state index contributed by atoms with van der Waals surface area (Å²) in [5.74, 6) is 0. The number of nitrogens with zero attached hydrogens (tertiary/aromatic N) is 1. The van der Waals surface area contributed by atoms with Crippen LogP contribution in [0.1, 0.15) is 43.2 Å². The molecule has 1 heterocycles. The third-order valence-electron chi connectivity index (χ3n) is 5.19. The van der Waals surface area contributed by atoms with E-state index in [9.17, 15) is 5.11 Å². The summed E-state index contributed by atoms with van der Waals surface area (Å²) in [6.45, 7) is 3.32. The van der Waals surface area contributed by atoms with Gasteiger partial charge < -0.3 is 10.0 Å². The Morgan fingerprint density at radius 3 is 2.00 bits per heavy atom. The van der Waals surface area contributed by atoms with E-state index in [1.54, 1.807) is 0 Å². The van der Waals surface area contributed by atoms with E-state index < -0.39 is 5.60 Å². The molecule has 1 atom stereocenters. The third kappa shape index (κ3) is 4.68. The van der Waals surface area contributed by atoms with Gasteiger partial charge in [0.1, 0.15) is 0 Å². The second-order valence-corrected chi connectivity index (χ2v) is 7.07. The minimum atomic E-state index is -0.797. The molecule has 0 amide bonds. The van der Waals surface area contributed by atoms with Gasteiger partial charge in [-0.15, -0.1) is 0 Å². The molecule has 1 aliphatic heterocycles. The van der Waals surface area contributed by atoms with Crippen molar-refractivity contribution in [2.24, 2.45) is 0 Å². The van der Waals surface area contributed by atoms with Crippen LogP contribution in [-0.2, 0) is 12.0 Å². The van der Waals surface area contributed by atoms with Crippen LogP contribution in [0.15, 0.2) is 60.7 Å². The second-order valence-electron chi connectivity index (χ2n) is 7.07. The van der Waals surface area contributed by atoms with Gasteiger partial charge in [-0.2, -0.15) is 0 Å². The van der Waals surface area contributed by atoms with E-state index in [2.05, 4.69) is 41.3 Å². The van der Waals surface area contributed by atoms with Crippen molar-refractivity contribution in [3.63, 3.8) is 0 Å². The first-order valence-electron chi connectivity index (χ1n) is 9.30. The molecular weight excluding hydrogens is 294 g/mol. The van der Waals surface area contributed by atoms with Gasteiger partial charge in [0.25, 0.3) is 0 Å². The molecule has 128 valence electrons. The smallest absolute Gasteiger partial charge is 0.0948 e. The SMILES string of the molecule is OC(CCN1CCCCCC1)(Cc1ccccc1)c1ccccc1. The number of hydrogen-bond acceptors (Lipinski definition) is 2. The molecule has 3 rings (SSSR count). The molecule has 1 fully saturated rings. The fourth-order valence-corrected chi connectivity index (χ4v) is 3.72. The molecule has 2 nitrogen and oxygen atoms in total. The average molecular weight is 323 g/mol. The van der Waals surface area contributed by atoms with Crippen molar-refractivity contribution in [3.8, 4) is 0 Å². The Hall–Kier alpha value is -1.64. The molecule has 0 aromatic heterocycles. The molecule has 0 saturated carbocycles. The summed E-state index contributed by atoms with van der Waals surface area (Å²) in [5, 5.41) is 11.5. The largest absolute Gasteiger partial charge is 0.385 e. The average Bonchev–Trinajstić information content (AvgIpc) is 2.91. The van der Waals surface area contributed by atoms with Crippen molar-refractivity contribution in [3.05, 3.63) is 71.8 Å². The van der Waals surface area contributed by atoms with Crippen molar-refractivity contribution in [2.45, 2.75) is 44.1 Å². The number of aliphatic hydroxyl groups is 1. The van der Waals surface area contributed by atoms with Gasteiger partial charge in [0, 0.05) is 13.0 Å². The van der Waals surface area contributed by atoms with Crippen molar-refractivity contribution >= 4 is 0 Å². The maximum atomic E-state index is 11.5. The minimum absolute atomic E-state index is 0.672. The highest BCUT2D eigenvalue weighted by Crippen LogP contribution is 2.30. The van der Waals surface area contributed by atoms with Crippen LogP contribution >= 0.6 is 0 Å². The van der Waals surface area contributed by atoms with Crippen molar-refractivity contribution in [1.82, 2.24) is 4.90 Å². The summed E-state index contributed by atoms with van der Waals surface area (Å²) in [7, 11) is 0. The van der Waals surface area contributed by atoms with Gasteiger partial charge in [0.2, 0.25) is 0 Å². The van der Waals surface area contributed by atoms with Crippen molar-refractivity contribution < 1.29 is 5.11 Å². The summed E-state index contributed by atoms with van der Waals surface area (Å²) in [5.41, 5.74) is 1.43. The highest BCUT2D eigenvalue weighted by atomic mass is 16.3. The third-order valence-corrected chi connectivity index (χ3v) is 5.19. The Kier molecular flexibility index (Phi) is 6.06.